The zero-order valence-electron chi connectivity index (χ0n) is 15.1. The molecule has 3 aromatic carbocycles. The standard InChI is InChI=1S/C21H12Cl2IN3O2S/c22-15-4-2-1-3-13(15)19(28)27-21(30)25-12-6-8-18-17(10-12)26-20(29-18)14-9-11(24)5-7-16(14)23/h1-10H,(H2,25,27,28,30). The highest BCUT2D eigenvalue weighted by molar-refractivity contribution is 14.1. The molecule has 9 heteroatoms. The fourth-order valence-corrected chi connectivity index (χ4v) is 3.88. The third kappa shape index (κ3) is 4.59. The van der Waals surface area contributed by atoms with Crippen LogP contribution < -0.4 is 10.6 Å². The van der Waals surface area contributed by atoms with E-state index in [4.69, 9.17) is 39.8 Å². The highest BCUT2D eigenvalue weighted by Crippen LogP contribution is 2.32. The van der Waals surface area contributed by atoms with Crippen molar-refractivity contribution in [2.45, 2.75) is 0 Å². The second-order valence-electron chi connectivity index (χ2n) is 6.21. The number of halogens is 3. The van der Waals surface area contributed by atoms with Gasteiger partial charge in [0.25, 0.3) is 5.91 Å². The maximum Gasteiger partial charge on any atom is 0.258 e. The molecule has 1 amide bonds. The zero-order valence-corrected chi connectivity index (χ0v) is 19.6. The molecule has 0 saturated heterocycles. The van der Waals surface area contributed by atoms with Crippen molar-refractivity contribution in [1.82, 2.24) is 10.3 Å². The predicted octanol–water partition coefficient (Wildman–Crippen LogP) is 6.53. The van der Waals surface area contributed by atoms with Crippen LogP contribution in [0.3, 0.4) is 0 Å². The van der Waals surface area contributed by atoms with Gasteiger partial charge in [-0.25, -0.2) is 4.98 Å². The molecule has 5 nitrogen and oxygen atoms in total. The first-order chi connectivity index (χ1) is 14.4. The number of benzene rings is 3. The molecule has 0 aliphatic carbocycles. The molecule has 0 aliphatic rings. The molecule has 0 saturated carbocycles. The van der Waals surface area contributed by atoms with Gasteiger partial charge in [0, 0.05) is 9.26 Å². The van der Waals surface area contributed by atoms with Crippen molar-refractivity contribution in [2.75, 3.05) is 5.32 Å². The number of nitrogens with one attached hydrogen (secondary N) is 2. The lowest BCUT2D eigenvalue weighted by Gasteiger charge is -2.10. The van der Waals surface area contributed by atoms with Crippen LogP contribution in [0.4, 0.5) is 5.69 Å². The number of thiocarbonyl (C=S) groups is 1. The van der Waals surface area contributed by atoms with Crippen LogP contribution in [0.15, 0.2) is 65.1 Å². The minimum Gasteiger partial charge on any atom is -0.436 e. The maximum absolute atomic E-state index is 12.3. The van der Waals surface area contributed by atoms with Crippen molar-refractivity contribution in [3.63, 3.8) is 0 Å². The lowest BCUT2D eigenvalue weighted by molar-refractivity contribution is 0.0978. The zero-order chi connectivity index (χ0) is 21.3. The van der Waals surface area contributed by atoms with Crippen LogP contribution in [0.1, 0.15) is 10.4 Å². The van der Waals surface area contributed by atoms with Gasteiger partial charge in [0.05, 0.1) is 21.2 Å². The van der Waals surface area contributed by atoms with E-state index in [-0.39, 0.29) is 5.11 Å². The van der Waals surface area contributed by atoms with E-state index in [2.05, 4.69) is 38.2 Å². The molecular formula is C21H12Cl2IN3O2S. The average molecular weight is 568 g/mol. The van der Waals surface area contributed by atoms with Crippen molar-refractivity contribution in [3.8, 4) is 11.5 Å². The van der Waals surface area contributed by atoms with E-state index in [0.717, 1.165) is 9.13 Å². The fourth-order valence-electron chi connectivity index (χ4n) is 2.76. The number of rotatable bonds is 3. The maximum atomic E-state index is 12.3. The number of amides is 1. The van der Waals surface area contributed by atoms with E-state index < -0.39 is 5.91 Å². The van der Waals surface area contributed by atoms with Gasteiger partial charge in [0.15, 0.2) is 10.7 Å². The van der Waals surface area contributed by atoms with Crippen molar-refractivity contribution in [3.05, 3.63) is 79.8 Å². The number of hydrogen-bond donors (Lipinski definition) is 2. The topological polar surface area (TPSA) is 67.2 Å². The van der Waals surface area contributed by atoms with Gasteiger partial charge in [-0.1, -0.05) is 35.3 Å². The first kappa shape index (κ1) is 21.0. The van der Waals surface area contributed by atoms with Crippen LogP contribution in [0.5, 0.6) is 0 Å². The smallest absolute Gasteiger partial charge is 0.258 e. The SMILES string of the molecule is O=C(NC(=S)Nc1ccc2oc(-c3cc(I)ccc3Cl)nc2c1)c1ccccc1Cl. The summed E-state index contributed by atoms with van der Waals surface area (Å²) in [7, 11) is 0. The average Bonchev–Trinajstić information content (AvgIpc) is 3.13. The molecule has 1 aromatic heterocycles. The summed E-state index contributed by atoms with van der Waals surface area (Å²) in [6.45, 7) is 0. The number of aromatic nitrogens is 1. The molecule has 0 unspecified atom stereocenters. The summed E-state index contributed by atoms with van der Waals surface area (Å²) in [5.41, 5.74) is 2.95. The van der Waals surface area contributed by atoms with Crippen LogP contribution >= 0.6 is 58.0 Å². The number of anilines is 1. The molecular weight excluding hydrogens is 556 g/mol. The number of nitrogens with zero attached hydrogens (tertiary/aromatic N) is 1. The normalized spacial score (nSPS) is 10.8. The third-order valence-electron chi connectivity index (χ3n) is 4.15. The van der Waals surface area contributed by atoms with Crippen LogP contribution in [0.2, 0.25) is 10.0 Å². The number of fused-ring (bicyclic) bond motifs is 1. The summed E-state index contributed by atoms with van der Waals surface area (Å²) in [4.78, 5) is 16.9. The Bertz CT molecular complexity index is 1290. The summed E-state index contributed by atoms with van der Waals surface area (Å²) in [5.74, 6) is 0.0384. The molecule has 0 bridgehead atoms. The summed E-state index contributed by atoms with van der Waals surface area (Å²) in [5, 5.41) is 6.64. The van der Waals surface area contributed by atoms with Crippen molar-refractivity contribution < 1.29 is 9.21 Å². The number of hydrogen-bond acceptors (Lipinski definition) is 4. The molecule has 0 fully saturated rings. The minimum atomic E-state index is -0.392. The Hall–Kier alpha value is -2.20. The van der Waals surface area contributed by atoms with Crippen molar-refractivity contribution in [1.29, 1.82) is 0 Å². The summed E-state index contributed by atoms with van der Waals surface area (Å²) in [6, 6.07) is 17.7. The minimum absolute atomic E-state index is 0.142. The molecule has 150 valence electrons. The Balaban J connectivity index is 1.52. The van der Waals surface area contributed by atoms with Crippen LogP contribution in [0, 0.1) is 3.57 Å². The van der Waals surface area contributed by atoms with Crippen LogP contribution in [-0.4, -0.2) is 16.0 Å². The summed E-state index contributed by atoms with van der Waals surface area (Å²) >= 11 is 19.8. The second-order valence-corrected chi connectivity index (χ2v) is 8.68. The van der Waals surface area contributed by atoms with E-state index in [1.165, 1.54) is 0 Å². The summed E-state index contributed by atoms with van der Waals surface area (Å²) < 4.78 is 6.87. The van der Waals surface area contributed by atoms with Crippen LogP contribution in [0.25, 0.3) is 22.6 Å². The Morgan fingerprint density at radius 3 is 2.63 bits per heavy atom. The quantitative estimate of drug-likeness (QED) is 0.217. The third-order valence-corrected chi connectivity index (χ3v) is 5.68. The highest BCUT2D eigenvalue weighted by atomic mass is 127. The molecule has 4 rings (SSSR count). The first-order valence-electron chi connectivity index (χ1n) is 8.63. The summed E-state index contributed by atoms with van der Waals surface area (Å²) in [6.07, 6.45) is 0. The second kappa shape index (κ2) is 8.89. The Kier molecular flexibility index (Phi) is 6.24. The highest BCUT2D eigenvalue weighted by Gasteiger charge is 2.14. The van der Waals surface area contributed by atoms with Crippen molar-refractivity contribution >= 4 is 85.8 Å². The lowest BCUT2D eigenvalue weighted by atomic mass is 10.2. The molecule has 0 spiro atoms. The Morgan fingerprint density at radius 1 is 1.03 bits per heavy atom. The monoisotopic (exact) mass is 567 g/mol. The Labute approximate surface area is 200 Å². The number of carbonyl (C=O) groups excluding carboxylic acids is 1. The van der Waals surface area contributed by atoms with Gasteiger partial charge in [-0.15, -0.1) is 0 Å². The fraction of sp³-hybridized carbons (Fsp3) is 0. The number of carbonyl (C=O) groups is 1. The molecule has 2 N–H and O–H groups in total. The molecule has 1 heterocycles. The van der Waals surface area contributed by atoms with Gasteiger partial charge in [-0.3, -0.25) is 10.1 Å². The lowest BCUT2D eigenvalue weighted by Crippen LogP contribution is -2.34. The molecule has 0 aliphatic heterocycles. The molecule has 4 aromatic rings. The molecule has 30 heavy (non-hydrogen) atoms. The van der Waals surface area contributed by atoms with Gasteiger partial charge < -0.3 is 9.73 Å². The molecule has 0 radical (unpaired) electrons. The first-order valence-corrected chi connectivity index (χ1v) is 10.9. The van der Waals surface area contributed by atoms with E-state index in [0.29, 0.717) is 38.3 Å². The van der Waals surface area contributed by atoms with Gasteiger partial charge >= 0.3 is 0 Å². The number of oxazole rings is 1. The van der Waals surface area contributed by atoms with E-state index in [1.54, 1.807) is 48.5 Å². The largest absolute Gasteiger partial charge is 0.436 e. The van der Waals surface area contributed by atoms with Gasteiger partial charge in [0.2, 0.25) is 5.89 Å². The van der Waals surface area contributed by atoms with Gasteiger partial charge in [0.1, 0.15) is 5.52 Å². The predicted molar refractivity (Wildman–Crippen MR) is 132 cm³/mol. The van der Waals surface area contributed by atoms with E-state index in [1.807, 2.05) is 12.1 Å². The molecule has 0 atom stereocenters. The van der Waals surface area contributed by atoms with Gasteiger partial charge in [-0.2, -0.15) is 0 Å². The van der Waals surface area contributed by atoms with Crippen molar-refractivity contribution in [2.24, 2.45) is 0 Å². The van der Waals surface area contributed by atoms with E-state index in [9.17, 15) is 4.79 Å². The Morgan fingerprint density at radius 2 is 1.83 bits per heavy atom. The van der Waals surface area contributed by atoms with Crippen LogP contribution in [-0.2, 0) is 0 Å². The van der Waals surface area contributed by atoms with Gasteiger partial charge in [-0.05, 0) is 83.3 Å². The van der Waals surface area contributed by atoms with E-state index >= 15 is 0 Å².